The Morgan fingerprint density at radius 2 is 0.844 bits per heavy atom. The molecule has 0 aromatic heterocycles. The smallest absolute Gasteiger partial charge is 0.0546 e. The van der Waals surface area contributed by atoms with E-state index < -0.39 is 8.07 Å². The van der Waals surface area contributed by atoms with Gasteiger partial charge in [0.1, 0.15) is 0 Å². The highest BCUT2D eigenvalue weighted by atomic mass is 28.3. The van der Waals surface area contributed by atoms with Gasteiger partial charge in [-0.15, -0.1) is 0 Å². The molecule has 0 amide bonds. The van der Waals surface area contributed by atoms with Gasteiger partial charge in [-0.05, 0) is 64.8 Å². The molecule has 4 fully saturated rings. The van der Waals surface area contributed by atoms with Crippen molar-refractivity contribution in [3.63, 3.8) is 0 Å². The number of fused-ring (bicyclic) bond motifs is 2. The van der Waals surface area contributed by atoms with Crippen molar-refractivity contribution in [3.05, 3.63) is 0 Å². The van der Waals surface area contributed by atoms with Gasteiger partial charge in [0.2, 0.25) is 0 Å². The van der Waals surface area contributed by atoms with Crippen LogP contribution < -0.4 is 0 Å². The van der Waals surface area contributed by atoms with Crippen LogP contribution in [0.2, 0.25) is 24.2 Å². The molecule has 0 bridgehead atoms. The second-order valence-electron chi connectivity index (χ2n) is 13.7. The summed E-state index contributed by atoms with van der Waals surface area (Å²) in [6, 6.07) is 0. The van der Waals surface area contributed by atoms with Crippen molar-refractivity contribution in [3.8, 4) is 0 Å². The number of rotatable bonds is 2. The Hall–Kier alpha value is 0.217. The SMILES string of the molecule is CC.CC.CC(C)(C)C.CC1CC2CCCCC2C1[Si](C)(C)C1C(C)CC2CCCCC21. The van der Waals surface area contributed by atoms with E-state index in [1.165, 1.54) is 12.8 Å². The average Bonchev–Trinajstić information content (AvgIpc) is 3.25. The van der Waals surface area contributed by atoms with Gasteiger partial charge in [0.05, 0.1) is 8.07 Å². The highest BCUT2D eigenvalue weighted by Gasteiger charge is 2.57. The molecule has 4 aliphatic carbocycles. The van der Waals surface area contributed by atoms with Gasteiger partial charge in [-0.3, -0.25) is 0 Å². The fraction of sp³-hybridized carbons (Fsp3) is 1.00. The molecular formula is C31H64Si. The van der Waals surface area contributed by atoms with Crippen molar-refractivity contribution >= 4 is 8.07 Å². The first kappa shape index (κ1) is 30.2. The topological polar surface area (TPSA) is 0 Å². The molecule has 0 N–H and O–H groups in total. The maximum atomic E-state index is 2.85. The quantitative estimate of drug-likeness (QED) is 0.356. The van der Waals surface area contributed by atoms with Gasteiger partial charge in [-0.1, -0.05) is 134 Å². The van der Waals surface area contributed by atoms with Gasteiger partial charge < -0.3 is 0 Å². The first-order valence-corrected chi connectivity index (χ1v) is 18.2. The largest absolute Gasteiger partial charge is 0.0689 e. The molecule has 8 atom stereocenters. The molecule has 0 aromatic carbocycles. The summed E-state index contributed by atoms with van der Waals surface area (Å²) in [6.07, 6.45) is 15.6. The molecule has 32 heavy (non-hydrogen) atoms. The molecule has 0 heterocycles. The fourth-order valence-electron chi connectivity index (χ4n) is 8.89. The molecular weight excluding hydrogens is 400 g/mol. The summed E-state index contributed by atoms with van der Waals surface area (Å²) in [5.74, 6) is 6.59. The summed E-state index contributed by atoms with van der Waals surface area (Å²) >= 11 is 0. The minimum atomic E-state index is -1.18. The Balaban J connectivity index is 0.000000497. The normalized spacial score (nSPS) is 38.6. The van der Waals surface area contributed by atoms with Crippen LogP contribution in [-0.4, -0.2) is 8.07 Å². The fourth-order valence-corrected chi connectivity index (χ4v) is 15.6. The molecule has 0 saturated heterocycles. The number of hydrogen-bond acceptors (Lipinski definition) is 0. The molecule has 1 heteroatoms. The van der Waals surface area contributed by atoms with E-state index in [9.17, 15) is 0 Å². The molecule has 4 rings (SSSR count). The van der Waals surface area contributed by atoms with Crippen molar-refractivity contribution in [2.24, 2.45) is 40.9 Å². The van der Waals surface area contributed by atoms with Crippen molar-refractivity contribution in [1.82, 2.24) is 0 Å². The van der Waals surface area contributed by atoms with Gasteiger partial charge in [-0.2, -0.15) is 0 Å². The van der Waals surface area contributed by atoms with E-state index in [-0.39, 0.29) is 0 Å². The zero-order valence-corrected chi connectivity index (χ0v) is 25.7. The number of hydrogen-bond donors (Lipinski definition) is 0. The first-order chi connectivity index (χ1) is 15.0. The van der Waals surface area contributed by atoms with Crippen molar-refractivity contribution in [2.45, 2.75) is 158 Å². The molecule has 0 spiro atoms. The minimum Gasteiger partial charge on any atom is -0.0689 e. The third kappa shape index (κ3) is 7.61. The van der Waals surface area contributed by atoms with E-state index in [0.717, 1.165) is 46.6 Å². The monoisotopic (exact) mass is 464 g/mol. The zero-order chi connectivity index (χ0) is 24.7. The second-order valence-corrected chi connectivity index (χ2v) is 18.7. The van der Waals surface area contributed by atoms with E-state index in [0.29, 0.717) is 5.41 Å². The van der Waals surface area contributed by atoms with Crippen molar-refractivity contribution < 1.29 is 0 Å². The van der Waals surface area contributed by atoms with Gasteiger partial charge in [0.25, 0.3) is 0 Å². The summed E-state index contributed by atoms with van der Waals surface area (Å²) in [6.45, 7) is 27.7. The molecule has 0 nitrogen and oxygen atoms in total. The lowest BCUT2D eigenvalue weighted by Crippen LogP contribution is -2.46. The van der Waals surface area contributed by atoms with E-state index in [2.05, 4.69) is 54.6 Å². The highest BCUT2D eigenvalue weighted by molar-refractivity contribution is 6.80. The van der Waals surface area contributed by atoms with Gasteiger partial charge in [0, 0.05) is 0 Å². The second kappa shape index (κ2) is 13.3. The lowest BCUT2D eigenvalue weighted by Gasteiger charge is -2.47. The zero-order valence-electron chi connectivity index (χ0n) is 24.7. The van der Waals surface area contributed by atoms with E-state index in [1.807, 2.05) is 27.7 Å². The van der Waals surface area contributed by atoms with Crippen LogP contribution in [0.3, 0.4) is 0 Å². The Labute approximate surface area is 206 Å². The summed E-state index contributed by atoms with van der Waals surface area (Å²) in [7, 11) is -1.18. The Morgan fingerprint density at radius 1 is 0.562 bits per heavy atom. The van der Waals surface area contributed by atoms with Gasteiger partial charge in [-0.25, -0.2) is 0 Å². The lowest BCUT2D eigenvalue weighted by molar-refractivity contribution is 0.262. The van der Waals surface area contributed by atoms with Crippen molar-refractivity contribution in [2.75, 3.05) is 0 Å². The van der Waals surface area contributed by atoms with Crippen LogP contribution in [0.25, 0.3) is 0 Å². The van der Waals surface area contributed by atoms with Crippen LogP contribution in [0.5, 0.6) is 0 Å². The van der Waals surface area contributed by atoms with Crippen LogP contribution >= 0.6 is 0 Å². The van der Waals surface area contributed by atoms with Crippen LogP contribution in [-0.2, 0) is 0 Å². The third-order valence-corrected chi connectivity index (χ3v) is 14.6. The Morgan fingerprint density at radius 3 is 1.16 bits per heavy atom. The van der Waals surface area contributed by atoms with Crippen LogP contribution in [0, 0.1) is 40.9 Å². The first-order valence-electron chi connectivity index (χ1n) is 15.0. The van der Waals surface area contributed by atoms with Crippen LogP contribution in [0.1, 0.15) is 133 Å². The highest BCUT2D eigenvalue weighted by Crippen LogP contribution is 2.64. The van der Waals surface area contributed by atoms with Crippen LogP contribution in [0.4, 0.5) is 0 Å². The molecule has 4 aliphatic rings. The predicted molar refractivity (Wildman–Crippen MR) is 151 cm³/mol. The van der Waals surface area contributed by atoms with Gasteiger partial charge in [0.15, 0.2) is 0 Å². The lowest BCUT2D eigenvalue weighted by atomic mass is 9.81. The summed E-state index contributed by atoms with van der Waals surface area (Å²) in [4.78, 5) is 0. The summed E-state index contributed by atoms with van der Waals surface area (Å²) in [5.41, 5.74) is 2.81. The van der Waals surface area contributed by atoms with Gasteiger partial charge >= 0.3 is 0 Å². The molecule has 0 radical (unpaired) electrons. The predicted octanol–water partition coefficient (Wildman–Crippen LogP) is 11.2. The van der Waals surface area contributed by atoms with Crippen LogP contribution in [0.15, 0.2) is 0 Å². The minimum absolute atomic E-state index is 0.500. The molecule has 192 valence electrons. The Bertz CT molecular complexity index is 457. The molecule has 0 aliphatic heterocycles. The molecule has 8 unspecified atom stereocenters. The standard InChI is InChI=1S/C22H40Si.C5H12.2C2H6/c1-15-13-17-9-5-7-11-19(17)21(15)23(3,4)22-16(2)14-18-10-6-8-12-20(18)22;1-5(2,3)4;2*1-2/h15-22H,5-14H2,1-4H3;1-4H3;2*1-2H3. The summed E-state index contributed by atoms with van der Waals surface area (Å²) in [5, 5.41) is 0. The van der Waals surface area contributed by atoms with E-state index >= 15 is 0 Å². The van der Waals surface area contributed by atoms with E-state index in [4.69, 9.17) is 0 Å². The maximum Gasteiger partial charge on any atom is 0.0546 e. The third-order valence-electron chi connectivity index (χ3n) is 9.15. The van der Waals surface area contributed by atoms with E-state index in [1.54, 1.807) is 51.4 Å². The molecule has 4 saturated carbocycles. The molecule has 0 aromatic rings. The Kier molecular flexibility index (Phi) is 12.6. The summed E-state index contributed by atoms with van der Waals surface area (Å²) < 4.78 is 0. The maximum absolute atomic E-state index is 2.85. The average molecular weight is 465 g/mol. The van der Waals surface area contributed by atoms with Crippen molar-refractivity contribution in [1.29, 1.82) is 0 Å².